The maximum absolute atomic E-state index is 11.5. The van der Waals surface area contributed by atoms with E-state index in [1.807, 2.05) is 32.6 Å². The first kappa shape index (κ1) is 16.9. The molecule has 21 heavy (non-hydrogen) atoms. The molecule has 1 unspecified atom stereocenters. The molecule has 1 aromatic heterocycles. The number of nitrogens with zero attached hydrogens (tertiary/aromatic N) is 4. The van der Waals surface area contributed by atoms with Crippen molar-refractivity contribution < 1.29 is 4.79 Å². The lowest BCUT2D eigenvalue weighted by atomic mass is 10.0. The highest BCUT2D eigenvalue weighted by molar-refractivity contribution is 5.82. The molecule has 1 heterocycles. The molecule has 1 rings (SSSR count). The normalized spacial score (nSPS) is 12.1. The highest BCUT2D eigenvalue weighted by Gasteiger charge is 2.21. The Labute approximate surface area is 124 Å². The summed E-state index contributed by atoms with van der Waals surface area (Å²) in [6.07, 6.45) is 0. The van der Waals surface area contributed by atoms with E-state index in [-0.39, 0.29) is 17.8 Å². The van der Waals surface area contributed by atoms with Crippen LogP contribution in [0.4, 0.5) is 17.8 Å². The highest BCUT2D eigenvalue weighted by atomic mass is 16.1. The van der Waals surface area contributed by atoms with Crippen LogP contribution in [-0.4, -0.2) is 40.0 Å². The van der Waals surface area contributed by atoms with Gasteiger partial charge in [-0.05, 0) is 19.8 Å². The second kappa shape index (κ2) is 7.58. The van der Waals surface area contributed by atoms with Crippen LogP contribution in [0.15, 0.2) is 0 Å². The molecular formula is C12H24N8O. The Hall–Kier alpha value is -2.16. The van der Waals surface area contributed by atoms with Gasteiger partial charge >= 0.3 is 0 Å². The predicted molar refractivity (Wildman–Crippen MR) is 82.6 cm³/mol. The number of nitrogen functional groups attached to an aromatic ring is 1. The first-order chi connectivity index (χ1) is 9.92. The number of aromatic nitrogens is 3. The number of carbonyl (C=O) groups excluding carboxylic acids is 1. The second-order valence-electron chi connectivity index (χ2n) is 4.87. The molecule has 0 spiro atoms. The van der Waals surface area contributed by atoms with E-state index in [9.17, 15) is 4.79 Å². The number of primary amides is 1. The minimum atomic E-state index is -0.567. The quantitative estimate of drug-likeness (QED) is 0.386. The van der Waals surface area contributed by atoms with Gasteiger partial charge in [-0.3, -0.25) is 10.2 Å². The van der Waals surface area contributed by atoms with E-state index in [1.54, 1.807) is 0 Å². The van der Waals surface area contributed by atoms with Crippen LogP contribution < -0.4 is 27.2 Å². The number of hydrogen-bond donors (Lipinski definition) is 4. The van der Waals surface area contributed by atoms with Crippen molar-refractivity contribution in [3.63, 3.8) is 0 Å². The summed E-state index contributed by atoms with van der Waals surface area (Å²) in [4.78, 5) is 26.0. The van der Waals surface area contributed by atoms with E-state index < -0.39 is 11.9 Å². The van der Waals surface area contributed by atoms with Crippen molar-refractivity contribution >= 4 is 23.8 Å². The van der Waals surface area contributed by atoms with Crippen LogP contribution in [0.25, 0.3) is 0 Å². The van der Waals surface area contributed by atoms with Crippen molar-refractivity contribution in [1.82, 2.24) is 15.0 Å². The van der Waals surface area contributed by atoms with E-state index in [0.717, 1.165) is 13.1 Å². The predicted octanol–water partition coefficient (Wildman–Crippen LogP) is -0.0748. The summed E-state index contributed by atoms with van der Waals surface area (Å²) >= 11 is 0. The van der Waals surface area contributed by atoms with Gasteiger partial charge < -0.3 is 16.0 Å². The molecule has 0 aliphatic heterocycles. The summed E-state index contributed by atoms with van der Waals surface area (Å²) in [5, 5.41) is 2.94. The smallest absolute Gasteiger partial charge is 0.243 e. The molecule has 1 atom stereocenters. The molecule has 0 saturated carbocycles. The standard InChI is InChI=1S/C12H24N8O/c1-5-20(6-2)12-17-10(16-11(18-12)19-14)15-8(7(3)4)9(13)21/h7-8H,5-6,14H2,1-4H3,(H2,13,21)(H2,15,16,17,18,19). The van der Waals surface area contributed by atoms with E-state index in [4.69, 9.17) is 11.6 Å². The highest BCUT2D eigenvalue weighted by Crippen LogP contribution is 2.15. The molecule has 0 fully saturated rings. The number of rotatable bonds is 8. The molecule has 9 heteroatoms. The Balaban J connectivity index is 3.11. The molecule has 0 radical (unpaired) electrons. The Morgan fingerprint density at radius 2 is 1.76 bits per heavy atom. The van der Waals surface area contributed by atoms with Gasteiger partial charge in [0, 0.05) is 13.1 Å². The number of hydrogen-bond acceptors (Lipinski definition) is 8. The average Bonchev–Trinajstić information content (AvgIpc) is 2.45. The molecule has 0 aromatic carbocycles. The van der Waals surface area contributed by atoms with E-state index in [2.05, 4.69) is 25.7 Å². The summed E-state index contributed by atoms with van der Waals surface area (Å²) in [6, 6.07) is -0.567. The zero-order chi connectivity index (χ0) is 16.0. The van der Waals surface area contributed by atoms with Crippen molar-refractivity contribution in [2.75, 3.05) is 28.7 Å². The van der Waals surface area contributed by atoms with Crippen molar-refractivity contribution in [2.45, 2.75) is 33.7 Å². The first-order valence-electron chi connectivity index (χ1n) is 6.96. The summed E-state index contributed by atoms with van der Waals surface area (Å²) in [7, 11) is 0. The fraction of sp³-hybridized carbons (Fsp3) is 0.667. The van der Waals surface area contributed by atoms with Crippen LogP contribution >= 0.6 is 0 Å². The zero-order valence-corrected chi connectivity index (χ0v) is 12.9. The molecule has 0 aliphatic carbocycles. The fourth-order valence-corrected chi connectivity index (χ4v) is 1.85. The van der Waals surface area contributed by atoms with Gasteiger partial charge in [0.05, 0.1) is 0 Å². The van der Waals surface area contributed by atoms with Gasteiger partial charge in [0.25, 0.3) is 0 Å². The minimum absolute atomic E-state index is 0.00505. The third-order valence-electron chi connectivity index (χ3n) is 3.06. The van der Waals surface area contributed by atoms with Crippen LogP contribution in [0.3, 0.4) is 0 Å². The third-order valence-corrected chi connectivity index (χ3v) is 3.06. The lowest BCUT2D eigenvalue weighted by Crippen LogP contribution is -2.40. The first-order valence-corrected chi connectivity index (χ1v) is 6.96. The summed E-state index contributed by atoms with van der Waals surface area (Å²) < 4.78 is 0. The number of amides is 1. The molecule has 118 valence electrons. The van der Waals surface area contributed by atoms with Crippen molar-refractivity contribution in [2.24, 2.45) is 17.5 Å². The summed E-state index contributed by atoms with van der Waals surface area (Å²) in [5.41, 5.74) is 7.78. The van der Waals surface area contributed by atoms with Gasteiger partial charge in [-0.1, -0.05) is 13.8 Å². The minimum Gasteiger partial charge on any atom is -0.368 e. The van der Waals surface area contributed by atoms with Crippen LogP contribution in [0.2, 0.25) is 0 Å². The molecule has 0 bridgehead atoms. The molecule has 6 N–H and O–H groups in total. The van der Waals surface area contributed by atoms with Crippen molar-refractivity contribution in [1.29, 1.82) is 0 Å². The van der Waals surface area contributed by atoms with E-state index in [0.29, 0.717) is 5.95 Å². The lowest BCUT2D eigenvalue weighted by molar-refractivity contribution is -0.119. The van der Waals surface area contributed by atoms with Gasteiger partial charge in [-0.2, -0.15) is 15.0 Å². The van der Waals surface area contributed by atoms with Crippen molar-refractivity contribution in [3.8, 4) is 0 Å². The number of hydrazine groups is 1. The Bertz CT molecular complexity index is 474. The largest absolute Gasteiger partial charge is 0.368 e. The van der Waals surface area contributed by atoms with Crippen LogP contribution in [0.5, 0.6) is 0 Å². The Kier molecular flexibility index (Phi) is 6.10. The van der Waals surface area contributed by atoms with Crippen LogP contribution in [0.1, 0.15) is 27.7 Å². The number of carbonyl (C=O) groups is 1. The van der Waals surface area contributed by atoms with Crippen LogP contribution in [-0.2, 0) is 4.79 Å². The van der Waals surface area contributed by atoms with Crippen molar-refractivity contribution in [3.05, 3.63) is 0 Å². The monoisotopic (exact) mass is 296 g/mol. The zero-order valence-electron chi connectivity index (χ0n) is 12.9. The number of nitrogens with two attached hydrogens (primary N) is 2. The second-order valence-corrected chi connectivity index (χ2v) is 4.87. The average molecular weight is 296 g/mol. The van der Waals surface area contributed by atoms with E-state index in [1.165, 1.54) is 0 Å². The molecule has 1 amide bonds. The molecule has 9 nitrogen and oxygen atoms in total. The topological polar surface area (TPSA) is 135 Å². The van der Waals surface area contributed by atoms with Crippen LogP contribution in [0, 0.1) is 5.92 Å². The maximum Gasteiger partial charge on any atom is 0.243 e. The summed E-state index contributed by atoms with van der Waals surface area (Å²) in [6.45, 7) is 9.25. The SMILES string of the molecule is CCN(CC)c1nc(NN)nc(NC(C(N)=O)C(C)C)n1. The fourth-order valence-electron chi connectivity index (χ4n) is 1.85. The molecule has 0 aliphatic rings. The third kappa shape index (κ3) is 4.42. The van der Waals surface area contributed by atoms with E-state index >= 15 is 0 Å². The van der Waals surface area contributed by atoms with Gasteiger partial charge in [-0.15, -0.1) is 0 Å². The van der Waals surface area contributed by atoms with Gasteiger partial charge in [-0.25, -0.2) is 5.84 Å². The van der Waals surface area contributed by atoms with Gasteiger partial charge in [0.2, 0.25) is 23.8 Å². The Morgan fingerprint density at radius 1 is 1.19 bits per heavy atom. The molecular weight excluding hydrogens is 272 g/mol. The number of anilines is 3. The Morgan fingerprint density at radius 3 is 2.19 bits per heavy atom. The lowest BCUT2D eigenvalue weighted by Gasteiger charge is -2.22. The summed E-state index contributed by atoms with van der Waals surface area (Å²) in [5.74, 6) is 5.89. The molecule has 0 saturated heterocycles. The van der Waals surface area contributed by atoms with Gasteiger partial charge in [0.15, 0.2) is 0 Å². The number of nitrogens with one attached hydrogen (secondary N) is 2. The van der Waals surface area contributed by atoms with Gasteiger partial charge in [0.1, 0.15) is 6.04 Å². The maximum atomic E-state index is 11.5. The molecule has 1 aromatic rings.